The zero-order valence-electron chi connectivity index (χ0n) is 13.9. The van der Waals surface area contributed by atoms with E-state index in [9.17, 15) is 9.59 Å². The maximum Gasteiger partial charge on any atom is 0.271 e. The summed E-state index contributed by atoms with van der Waals surface area (Å²) in [6.45, 7) is 4.21. The average molecular weight is 334 g/mol. The van der Waals surface area contributed by atoms with Gasteiger partial charge in [-0.25, -0.2) is 4.98 Å². The highest BCUT2D eigenvalue weighted by atomic mass is 16.6. The number of rotatable bonds is 4. The second kappa shape index (κ2) is 6.26. The lowest BCUT2D eigenvalue weighted by Gasteiger charge is -2.28. The van der Waals surface area contributed by atoms with Crippen molar-refractivity contribution in [2.24, 2.45) is 11.7 Å². The molecule has 2 aliphatic rings. The second-order valence-electron chi connectivity index (χ2n) is 6.69. The quantitative estimate of drug-likeness (QED) is 0.844. The van der Waals surface area contributed by atoms with E-state index >= 15 is 0 Å². The number of hydrogen-bond donors (Lipinski definition) is 2. The summed E-state index contributed by atoms with van der Waals surface area (Å²) >= 11 is 0. The molecule has 3 N–H and O–H groups in total. The van der Waals surface area contributed by atoms with E-state index in [4.69, 9.17) is 15.2 Å². The smallest absolute Gasteiger partial charge is 0.271 e. The predicted molar refractivity (Wildman–Crippen MR) is 84.7 cm³/mol. The van der Waals surface area contributed by atoms with Gasteiger partial charge in [-0.1, -0.05) is 12.8 Å². The zero-order valence-corrected chi connectivity index (χ0v) is 13.9. The van der Waals surface area contributed by atoms with Gasteiger partial charge >= 0.3 is 0 Å². The number of nitrogens with one attached hydrogen (secondary N) is 1. The fourth-order valence-electron chi connectivity index (χ4n) is 3.04. The maximum absolute atomic E-state index is 12.4. The molecule has 1 saturated carbocycles. The Morgan fingerprint density at radius 1 is 1.17 bits per heavy atom. The summed E-state index contributed by atoms with van der Waals surface area (Å²) in [7, 11) is 0. The molecule has 8 nitrogen and oxygen atoms in total. The van der Waals surface area contributed by atoms with E-state index in [1.165, 1.54) is 0 Å². The SMILES string of the molecule is CC(C)(NC(=O)C1CCCC1)c1nc2c(c(C(N)=O)n1)OCCO2. The van der Waals surface area contributed by atoms with Crippen molar-refractivity contribution in [3.8, 4) is 11.6 Å². The Labute approximate surface area is 140 Å². The van der Waals surface area contributed by atoms with Crippen molar-refractivity contribution in [2.45, 2.75) is 45.1 Å². The van der Waals surface area contributed by atoms with Gasteiger partial charge in [0.25, 0.3) is 11.8 Å². The summed E-state index contributed by atoms with van der Waals surface area (Å²) in [5.74, 6) is -0.0995. The van der Waals surface area contributed by atoms with Crippen molar-refractivity contribution in [3.05, 3.63) is 11.5 Å². The van der Waals surface area contributed by atoms with Gasteiger partial charge in [0.2, 0.25) is 11.7 Å². The van der Waals surface area contributed by atoms with Crippen LogP contribution in [0.15, 0.2) is 0 Å². The number of nitrogens with zero attached hydrogens (tertiary/aromatic N) is 2. The van der Waals surface area contributed by atoms with Crippen LogP contribution < -0.4 is 20.5 Å². The van der Waals surface area contributed by atoms with Crippen molar-refractivity contribution in [1.82, 2.24) is 15.3 Å². The molecule has 2 amide bonds. The Balaban J connectivity index is 1.90. The van der Waals surface area contributed by atoms with Crippen molar-refractivity contribution in [1.29, 1.82) is 0 Å². The first-order valence-corrected chi connectivity index (χ1v) is 8.18. The molecule has 1 aromatic rings. The molecule has 0 radical (unpaired) electrons. The molecule has 1 aliphatic carbocycles. The van der Waals surface area contributed by atoms with Crippen LogP contribution in [0.2, 0.25) is 0 Å². The zero-order chi connectivity index (χ0) is 17.3. The normalized spacial score (nSPS) is 17.6. The van der Waals surface area contributed by atoms with E-state index in [0.29, 0.717) is 13.2 Å². The predicted octanol–water partition coefficient (Wildman–Crippen LogP) is 0.888. The molecule has 8 heteroatoms. The molecule has 24 heavy (non-hydrogen) atoms. The van der Waals surface area contributed by atoms with Crippen LogP contribution >= 0.6 is 0 Å². The minimum atomic E-state index is -0.861. The van der Waals surface area contributed by atoms with Crippen LogP contribution in [-0.4, -0.2) is 35.0 Å². The number of carbonyl (C=O) groups excluding carboxylic acids is 2. The molecule has 1 aromatic heterocycles. The summed E-state index contributed by atoms with van der Waals surface area (Å²) in [5, 5.41) is 2.98. The molecule has 130 valence electrons. The molecule has 1 fully saturated rings. The lowest BCUT2D eigenvalue weighted by Crippen LogP contribution is -2.45. The first-order valence-electron chi connectivity index (χ1n) is 8.18. The Bertz CT molecular complexity index is 668. The van der Waals surface area contributed by atoms with Crippen LogP contribution in [0.1, 0.15) is 55.8 Å². The lowest BCUT2D eigenvalue weighted by atomic mass is 10.0. The second-order valence-corrected chi connectivity index (χ2v) is 6.69. The number of hydrogen-bond acceptors (Lipinski definition) is 6. The molecule has 0 aromatic carbocycles. The van der Waals surface area contributed by atoms with E-state index in [0.717, 1.165) is 25.7 Å². The van der Waals surface area contributed by atoms with Crippen molar-refractivity contribution < 1.29 is 19.1 Å². The largest absolute Gasteiger partial charge is 0.483 e. The highest BCUT2D eigenvalue weighted by molar-refractivity contribution is 5.94. The molecular weight excluding hydrogens is 312 g/mol. The molecule has 0 saturated heterocycles. The van der Waals surface area contributed by atoms with Gasteiger partial charge in [-0.2, -0.15) is 4.98 Å². The van der Waals surface area contributed by atoms with Crippen LogP contribution in [0.3, 0.4) is 0 Å². The van der Waals surface area contributed by atoms with Gasteiger partial charge in [-0.05, 0) is 26.7 Å². The number of aromatic nitrogens is 2. The van der Waals surface area contributed by atoms with E-state index in [1.807, 2.05) is 0 Å². The number of nitrogens with two attached hydrogens (primary N) is 1. The first kappa shape index (κ1) is 16.5. The van der Waals surface area contributed by atoms with Gasteiger partial charge in [0.15, 0.2) is 11.5 Å². The standard InChI is InChI=1S/C16H22N4O4/c1-16(2,20-13(22)9-5-3-4-6-9)15-18-10(12(17)21)11-14(19-15)24-8-7-23-11/h9H,3-8H2,1-2H3,(H2,17,21)(H,20,22). The van der Waals surface area contributed by atoms with Crippen LogP contribution in [0.5, 0.6) is 11.6 Å². The van der Waals surface area contributed by atoms with Crippen molar-refractivity contribution in [2.75, 3.05) is 13.2 Å². The van der Waals surface area contributed by atoms with Gasteiger partial charge in [0, 0.05) is 5.92 Å². The summed E-state index contributed by atoms with van der Waals surface area (Å²) in [6.07, 6.45) is 3.95. The van der Waals surface area contributed by atoms with Crippen LogP contribution in [0.4, 0.5) is 0 Å². The third kappa shape index (κ3) is 3.13. The van der Waals surface area contributed by atoms with Crippen LogP contribution in [0.25, 0.3) is 0 Å². The number of primary amides is 1. The summed E-state index contributed by atoms with van der Waals surface area (Å²) in [6, 6.07) is 0. The highest BCUT2D eigenvalue weighted by Crippen LogP contribution is 2.33. The first-order chi connectivity index (χ1) is 11.4. The fourth-order valence-corrected chi connectivity index (χ4v) is 3.04. The van der Waals surface area contributed by atoms with Crippen molar-refractivity contribution in [3.63, 3.8) is 0 Å². The monoisotopic (exact) mass is 334 g/mol. The van der Waals surface area contributed by atoms with Gasteiger partial charge < -0.3 is 20.5 Å². The van der Waals surface area contributed by atoms with Crippen LogP contribution in [0, 0.1) is 5.92 Å². The Kier molecular flexibility index (Phi) is 4.29. The Morgan fingerprint density at radius 3 is 2.50 bits per heavy atom. The van der Waals surface area contributed by atoms with Gasteiger partial charge in [0.1, 0.15) is 13.2 Å². The Morgan fingerprint density at radius 2 is 1.83 bits per heavy atom. The average Bonchev–Trinajstić information content (AvgIpc) is 3.07. The van der Waals surface area contributed by atoms with Gasteiger partial charge in [-0.3, -0.25) is 9.59 Å². The summed E-state index contributed by atoms with van der Waals surface area (Å²) in [5.41, 5.74) is 4.51. The van der Waals surface area contributed by atoms with E-state index in [-0.39, 0.29) is 35.0 Å². The number of amides is 2. The molecule has 0 spiro atoms. The molecule has 3 rings (SSSR count). The maximum atomic E-state index is 12.4. The number of fused-ring (bicyclic) bond motifs is 1. The summed E-state index contributed by atoms with van der Waals surface area (Å²) in [4.78, 5) is 32.7. The topological polar surface area (TPSA) is 116 Å². The van der Waals surface area contributed by atoms with E-state index in [2.05, 4.69) is 15.3 Å². The minimum Gasteiger partial charge on any atom is -0.483 e. The van der Waals surface area contributed by atoms with E-state index < -0.39 is 11.4 Å². The number of ether oxygens (including phenoxy) is 2. The molecule has 2 heterocycles. The van der Waals surface area contributed by atoms with Crippen LogP contribution in [-0.2, 0) is 10.3 Å². The van der Waals surface area contributed by atoms with E-state index in [1.54, 1.807) is 13.8 Å². The molecule has 0 unspecified atom stereocenters. The minimum absolute atomic E-state index is 0.0170. The molecule has 1 aliphatic heterocycles. The highest BCUT2D eigenvalue weighted by Gasteiger charge is 2.34. The fraction of sp³-hybridized carbons (Fsp3) is 0.625. The molecule has 0 atom stereocenters. The van der Waals surface area contributed by atoms with Crippen molar-refractivity contribution >= 4 is 11.8 Å². The van der Waals surface area contributed by atoms with Gasteiger partial charge in [0.05, 0.1) is 5.54 Å². The van der Waals surface area contributed by atoms with Gasteiger partial charge in [-0.15, -0.1) is 0 Å². The molecule has 0 bridgehead atoms. The Hall–Kier alpha value is -2.38. The number of carbonyl (C=O) groups is 2. The molecular formula is C16H22N4O4. The summed E-state index contributed by atoms with van der Waals surface area (Å²) < 4.78 is 10.9. The third-order valence-corrected chi connectivity index (χ3v) is 4.36. The third-order valence-electron chi connectivity index (χ3n) is 4.36. The lowest BCUT2D eigenvalue weighted by molar-refractivity contribution is -0.126.